The first-order chi connectivity index (χ1) is 4.72. The molecule has 0 radical (unpaired) electrons. The lowest BCUT2D eigenvalue weighted by molar-refractivity contribution is -0.197. The molecule has 1 heterocycles. The van der Waals surface area contributed by atoms with E-state index in [1.54, 1.807) is 0 Å². The van der Waals surface area contributed by atoms with Crippen LogP contribution >= 0.6 is 0 Å². The van der Waals surface area contributed by atoms with E-state index in [1.165, 1.54) is 0 Å². The highest BCUT2D eigenvalue weighted by molar-refractivity contribution is 4.71. The summed E-state index contributed by atoms with van der Waals surface area (Å²) in [5, 5.41) is 26.5. The third-order valence-electron chi connectivity index (χ3n) is 1.56. The van der Waals surface area contributed by atoms with Gasteiger partial charge < -0.3 is 20.1 Å². The predicted molar refractivity (Wildman–Crippen MR) is 33.2 cm³/mol. The Morgan fingerprint density at radius 2 is 2.00 bits per heavy atom. The van der Waals surface area contributed by atoms with Gasteiger partial charge in [-0.1, -0.05) is 0 Å². The second kappa shape index (κ2) is 3.30. The number of ether oxygens (including phenoxy) is 1. The van der Waals surface area contributed by atoms with E-state index < -0.39 is 18.5 Å². The maximum atomic E-state index is 9.03. The lowest BCUT2D eigenvalue weighted by atomic mass is 10.1. The van der Waals surface area contributed by atoms with E-state index in [4.69, 9.17) is 20.1 Å². The minimum absolute atomic E-state index is 0.145. The summed E-state index contributed by atoms with van der Waals surface area (Å²) < 4.78 is 4.85. The Bertz CT molecular complexity index is 95.9. The van der Waals surface area contributed by atoms with Crippen molar-refractivity contribution in [3.8, 4) is 0 Å². The topological polar surface area (TPSA) is 69.9 Å². The van der Waals surface area contributed by atoms with Crippen LogP contribution in [0.2, 0.25) is 0 Å². The summed E-state index contributed by atoms with van der Waals surface area (Å²) in [6.07, 6.45) is -1.20. The third-order valence-corrected chi connectivity index (χ3v) is 1.56. The molecule has 60 valence electrons. The van der Waals surface area contributed by atoms with Gasteiger partial charge in [-0.2, -0.15) is 0 Å². The molecule has 0 bridgehead atoms. The highest BCUT2D eigenvalue weighted by Gasteiger charge is 2.25. The molecular formula is C6H12O4. The zero-order valence-corrected chi connectivity index (χ0v) is 5.60. The molecule has 0 aromatic rings. The van der Waals surface area contributed by atoms with Crippen LogP contribution in [0.5, 0.6) is 0 Å². The van der Waals surface area contributed by atoms with Gasteiger partial charge in [0.15, 0.2) is 6.29 Å². The van der Waals surface area contributed by atoms with E-state index in [9.17, 15) is 0 Å². The summed E-state index contributed by atoms with van der Waals surface area (Å²) in [6, 6.07) is 0. The van der Waals surface area contributed by atoms with Gasteiger partial charge in [-0.05, 0) is 0 Å². The Balaban J connectivity index is 2.35. The number of hydrogen-bond donors (Lipinski definition) is 3. The van der Waals surface area contributed by atoms with Crippen molar-refractivity contribution in [2.75, 3.05) is 6.61 Å². The Kier molecular flexibility index (Phi) is 2.62. The fraction of sp³-hybridized carbons (Fsp3) is 1.00. The normalized spacial score (nSPS) is 41.7. The SMILES string of the molecule is OC[C@H]1CC(O)C[C@@H](O)O1. The molecule has 1 aliphatic heterocycles. The number of aliphatic hydroxyl groups excluding tert-OH is 3. The van der Waals surface area contributed by atoms with E-state index in [1.807, 2.05) is 0 Å². The monoisotopic (exact) mass is 148 g/mol. The molecule has 1 unspecified atom stereocenters. The van der Waals surface area contributed by atoms with Crippen LogP contribution in [-0.2, 0) is 4.74 Å². The van der Waals surface area contributed by atoms with Crippen molar-refractivity contribution in [1.29, 1.82) is 0 Å². The molecule has 0 aliphatic carbocycles. The molecule has 1 fully saturated rings. The van der Waals surface area contributed by atoms with Crippen molar-refractivity contribution < 1.29 is 20.1 Å². The van der Waals surface area contributed by atoms with Crippen molar-refractivity contribution in [3.05, 3.63) is 0 Å². The van der Waals surface area contributed by atoms with Gasteiger partial charge in [-0.25, -0.2) is 0 Å². The molecule has 0 aromatic carbocycles. The van der Waals surface area contributed by atoms with E-state index in [2.05, 4.69) is 0 Å². The number of hydrogen-bond acceptors (Lipinski definition) is 4. The number of aliphatic hydroxyl groups is 3. The van der Waals surface area contributed by atoms with Crippen LogP contribution < -0.4 is 0 Å². The predicted octanol–water partition coefficient (Wildman–Crippen LogP) is -1.16. The lowest BCUT2D eigenvalue weighted by Crippen LogP contribution is -2.37. The van der Waals surface area contributed by atoms with Gasteiger partial charge >= 0.3 is 0 Å². The molecule has 0 spiro atoms. The highest BCUT2D eigenvalue weighted by Crippen LogP contribution is 2.17. The Morgan fingerprint density at radius 3 is 2.50 bits per heavy atom. The minimum Gasteiger partial charge on any atom is -0.394 e. The van der Waals surface area contributed by atoms with Gasteiger partial charge in [0.05, 0.1) is 18.8 Å². The Hall–Kier alpha value is -0.160. The summed E-state index contributed by atoms with van der Waals surface area (Å²) in [4.78, 5) is 0. The first-order valence-electron chi connectivity index (χ1n) is 3.35. The smallest absolute Gasteiger partial charge is 0.157 e. The van der Waals surface area contributed by atoms with Gasteiger partial charge in [0.25, 0.3) is 0 Å². The molecule has 0 saturated carbocycles. The van der Waals surface area contributed by atoms with Gasteiger partial charge in [0, 0.05) is 12.8 Å². The van der Waals surface area contributed by atoms with Crippen molar-refractivity contribution in [2.45, 2.75) is 31.3 Å². The first kappa shape index (κ1) is 7.94. The van der Waals surface area contributed by atoms with Crippen LogP contribution in [-0.4, -0.2) is 40.4 Å². The molecule has 0 aromatic heterocycles. The van der Waals surface area contributed by atoms with Crippen molar-refractivity contribution in [2.24, 2.45) is 0 Å². The maximum Gasteiger partial charge on any atom is 0.157 e. The second-order valence-electron chi connectivity index (χ2n) is 2.52. The molecule has 1 saturated heterocycles. The molecule has 3 atom stereocenters. The van der Waals surface area contributed by atoms with Crippen LogP contribution in [0.1, 0.15) is 12.8 Å². The van der Waals surface area contributed by atoms with Crippen LogP contribution in [0.4, 0.5) is 0 Å². The zero-order chi connectivity index (χ0) is 7.56. The molecule has 3 N–H and O–H groups in total. The summed E-state index contributed by atoms with van der Waals surface area (Å²) in [5.41, 5.74) is 0. The molecule has 4 heteroatoms. The van der Waals surface area contributed by atoms with Crippen LogP contribution in [0.3, 0.4) is 0 Å². The molecule has 0 amide bonds. The van der Waals surface area contributed by atoms with Gasteiger partial charge in [-0.3, -0.25) is 0 Å². The Labute approximate surface area is 59.1 Å². The molecule has 1 aliphatic rings. The fourth-order valence-electron chi connectivity index (χ4n) is 1.08. The third kappa shape index (κ3) is 1.91. The number of rotatable bonds is 1. The molecule has 4 nitrogen and oxygen atoms in total. The summed E-state index contributed by atoms with van der Waals surface area (Å²) >= 11 is 0. The van der Waals surface area contributed by atoms with Crippen LogP contribution in [0, 0.1) is 0 Å². The highest BCUT2D eigenvalue weighted by atomic mass is 16.6. The average molecular weight is 148 g/mol. The first-order valence-corrected chi connectivity index (χ1v) is 3.35. The van der Waals surface area contributed by atoms with E-state index >= 15 is 0 Å². The van der Waals surface area contributed by atoms with Crippen molar-refractivity contribution in [3.63, 3.8) is 0 Å². The van der Waals surface area contributed by atoms with E-state index in [0.717, 1.165) is 0 Å². The van der Waals surface area contributed by atoms with Crippen LogP contribution in [0.15, 0.2) is 0 Å². The molecule has 1 rings (SSSR count). The quantitative estimate of drug-likeness (QED) is 0.438. The standard InChI is InChI=1S/C6H12O4/c7-3-5-1-4(8)2-6(9)10-5/h4-9H,1-3H2/t4?,5-,6+/m1/s1. The zero-order valence-electron chi connectivity index (χ0n) is 5.60. The van der Waals surface area contributed by atoms with Gasteiger partial charge in [0.1, 0.15) is 0 Å². The lowest BCUT2D eigenvalue weighted by Gasteiger charge is -2.28. The maximum absolute atomic E-state index is 9.03. The molecule has 10 heavy (non-hydrogen) atoms. The summed E-state index contributed by atoms with van der Waals surface area (Å²) in [7, 11) is 0. The van der Waals surface area contributed by atoms with E-state index in [0.29, 0.717) is 6.42 Å². The van der Waals surface area contributed by atoms with Crippen molar-refractivity contribution in [1.82, 2.24) is 0 Å². The van der Waals surface area contributed by atoms with E-state index in [-0.39, 0.29) is 13.0 Å². The molecular weight excluding hydrogens is 136 g/mol. The second-order valence-corrected chi connectivity index (χ2v) is 2.52. The van der Waals surface area contributed by atoms with Gasteiger partial charge in [0.2, 0.25) is 0 Å². The summed E-state index contributed by atoms with van der Waals surface area (Å²) in [6.45, 7) is -0.145. The largest absolute Gasteiger partial charge is 0.394 e. The van der Waals surface area contributed by atoms with Gasteiger partial charge in [-0.15, -0.1) is 0 Å². The summed E-state index contributed by atoms with van der Waals surface area (Å²) in [5.74, 6) is 0. The fourth-order valence-corrected chi connectivity index (χ4v) is 1.08. The van der Waals surface area contributed by atoms with Crippen molar-refractivity contribution >= 4 is 0 Å². The Morgan fingerprint density at radius 1 is 1.30 bits per heavy atom. The average Bonchev–Trinajstić information content (AvgIpc) is 1.85. The minimum atomic E-state index is -0.916. The van der Waals surface area contributed by atoms with Crippen LogP contribution in [0.25, 0.3) is 0 Å².